The quantitative estimate of drug-likeness (QED) is 0.513. The summed E-state index contributed by atoms with van der Waals surface area (Å²) in [5.41, 5.74) is 3.02. The standard InChI is InChI=1S/C25H26FN3O3S/c1-32-18-5-7-24-21(13-18)20(8-10-28-24)23(26)6-4-17-9-12-29(15-22(17)25(30)31)11-2-3-19-14-27-16-33-19/h5,7-8,10,13-14,16-17,22-23H,4,6,9,11-12,15H2,1H3,(H,30,31)/t17-,22+,23-/m1/s1. The number of hydrogen-bond donors (Lipinski definition) is 1. The molecule has 33 heavy (non-hydrogen) atoms. The van der Waals surface area contributed by atoms with Gasteiger partial charge in [0.05, 0.1) is 41.7 Å². The Kier molecular flexibility index (Phi) is 7.53. The smallest absolute Gasteiger partial charge is 0.308 e. The number of rotatable bonds is 7. The Morgan fingerprint density at radius 2 is 2.30 bits per heavy atom. The first-order valence-electron chi connectivity index (χ1n) is 10.9. The average Bonchev–Trinajstić information content (AvgIpc) is 3.35. The lowest BCUT2D eigenvalue weighted by Crippen LogP contribution is -2.44. The van der Waals surface area contributed by atoms with Crippen molar-refractivity contribution in [3.8, 4) is 17.6 Å². The van der Waals surface area contributed by atoms with Crippen molar-refractivity contribution in [1.82, 2.24) is 14.9 Å². The number of carbonyl (C=O) groups is 1. The predicted octanol–water partition coefficient (Wildman–Crippen LogP) is 4.57. The average molecular weight is 468 g/mol. The highest BCUT2D eigenvalue weighted by Gasteiger charge is 2.34. The van der Waals surface area contributed by atoms with Crippen LogP contribution in [0.1, 0.15) is 35.9 Å². The van der Waals surface area contributed by atoms with Crippen LogP contribution in [0.15, 0.2) is 42.2 Å². The fourth-order valence-electron chi connectivity index (χ4n) is 4.42. The number of likely N-dealkylation sites (tertiary alicyclic amines) is 1. The molecule has 1 saturated heterocycles. The molecule has 1 fully saturated rings. The fraction of sp³-hybridized carbons (Fsp3) is 0.400. The summed E-state index contributed by atoms with van der Waals surface area (Å²) in [6, 6.07) is 7.12. The first-order chi connectivity index (χ1) is 16.0. The Balaban J connectivity index is 1.38. The van der Waals surface area contributed by atoms with Gasteiger partial charge in [0.1, 0.15) is 11.9 Å². The Morgan fingerprint density at radius 1 is 1.42 bits per heavy atom. The van der Waals surface area contributed by atoms with E-state index in [2.05, 4.69) is 26.7 Å². The van der Waals surface area contributed by atoms with Crippen molar-refractivity contribution in [2.75, 3.05) is 26.7 Å². The predicted molar refractivity (Wildman–Crippen MR) is 126 cm³/mol. The topological polar surface area (TPSA) is 75.5 Å². The van der Waals surface area contributed by atoms with E-state index in [1.54, 1.807) is 43.2 Å². The Labute approximate surface area is 196 Å². The largest absolute Gasteiger partial charge is 0.497 e. The number of hydrogen-bond acceptors (Lipinski definition) is 6. The second-order valence-electron chi connectivity index (χ2n) is 8.22. The Morgan fingerprint density at radius 3 is 3.06 bits per heavy atom. The Hall–Kier alpha value is -3.02. The molecule has 6 nitrogen and oxygen atoms in total. The monoisotopic (exact) mass is 467 g/mol. The molecule has 1 aromatic carbocycles. The number of benzene rings is 1. The van der Waals surface area contributed by atoms with E-state index in [1.165, 1.54) is 11.3 Å². The number of ether oxygens (including phenoxy) is 1. The van der Waals surface area contributed by atoms with Crippen LogP contribution in [0.2, 0.25) is 0 Å². The maximum atomic E-state index is 15.3. The van der Waals surface area contributed by atoms with Crippen molar-refractivity contribution in [2.24, 2.45) is 11.8 Å². The number of aromatic nitrogens is 2. The molecular weight excluding hydrogens is 441 g/mol. The number of nitrogens with zero attached hydrogens (tertiary/aromatic N) is 3. The highest BCUT2D eigenvalue weighted by atomic mass is 32.1. The van der Waals surface area contributed by atoms with Crippen molar-refractivity contribution in [1.29, 1.82) is 0 Å². The van der Waals surface area contributed by atoms with Gasteiger partial charge in [-0.3, -0.25) is 19.7 Å². The normalized spacial score (nSPS) is 19.6. The van der Waals surface area contributed by atoms with E-state index >= 15 is 4.39 Å². The minimum absolute atomic E-state index is 0.0610. The zero-order valence-electron chi connectivity index (χ0n) is 18.4. The summed E-state index contributed by atoms with van der Waals surface area (Å²) >= 11 is 1.48. The zero-order valence-corrected chi connectivity index (χ0v) is 19.2. The van der Waals surface area contributed by atoms with Crippen molar-refractivity contribution in [2.45, 2.75) is 25.4 Å². The molecule has 0 aliphatic carbocycles. The summed E-state index contributed by atoms with van der Waals surface area (Å²) in [6.07, 6.45) is 3.65. The maximum Gasteiger partial charge on any atom is 0.308 e. The van der Waals surface area contributed by atoms with Gasteiger partial charge in [-0.1, -0.05) is 11.8 Å². The summed E-state index contributed by atoms with van der Waals surface area (Å²) in [5, 5.41) is 10.5. The maximum absolute atomic E-state index is 15.3. The van der Waals surface area contributed by atoms with Gasteiger partial charge in [0.15, 0.2) is 0 Å². The minimum Gasteiger partial charge on any atom is -0.497 e. The Bertz CT molecular complexity index is 1160. The molecule has 1 aliphatic heterocycles. The van der Waals surface area contributed by atoms with Gasteiger partial charge in [-0.15, -0.1) is 11.3 Å². The number of fused-ring (bicyclic) bond motifs is 1. The molecule has 0 radical (unpaired) electrons. The molecule has 0 spiro atoms. The SMILES string of the molecule is COc1ccc2nccc([C@H](F)CC[C@@H]3CCN(CC#Cc4cncs4)C[C@@H]3C(=O)O)c2c1. The minimum atomic E-state index is -1.19. The van der Waals surface area contributed by atoms with Gasteiger partial charge in [-0.2, -0.15) is 0 Å². The van der Waals surface area contributed by atoms with E-state index in [0.717, 1.165) is 23.2 Å². The van der Waals surface area contributed by atoms with Gasteiger partial charge >= 0.3 is 5.97 Å². The van der Waals surface area contributed by atoms with Gasteiger partial charge in [0.25, 0.3) is 0 Å². The van der Waals surface area contributed by atoms with Crippen LogP contribution in [0, 0.1) is 23.7 Å². The van der Waals surface area contributed by atoms with Crippen LogP contribution >= 0.6 is 11.3 Å². The highest BCUT2D eigenvalue weighted by Crippen LogP contribution is 2.35. The molecule has 8 heteroatoms. The first kappa shape index (κ1) is 23.1. The molecular formula is C25H26FN3O3S. The van der Waals surface area contributed by atoms with Crippen LogP contribution in [0.3, 0.4) is 0 Å². The molecule has 1 N–H and O–H groups in total. The van der Waals surface area contributed by atoms with Crippen LogP contribution in [0.5, 0.6) is 5.75 Å². The van der Waals surface area contributed by atoms with Crippen molar-refractivity contribution >= 4 is 28.2 Å². The zero-order chi connectivity index (χ0) is 23.2. The number of carboxylic acids is 1. The number of pyridine rings is 1. The lowest BCUT2D eigenvalue weighted by Gasteiger charge is -2.35. The van der Waals surface area contributed by atoms with Crippen LogP contribution < -0.4 is 4.74 Å². The number of thiazole rings is 1. The molecule has 3 atom stereocenters. The summed E-state index contributed by atoms with van der Waals surface area (Å²) in [5.74, 6) is 5.41. The van der Waals surface area contributed by atoms with Crippen molar-refractivity contribution < 1.29 is 19.0 Å². The van der Waals surface area contributed by atoms with Crippen LogP contribution in [0.4, 0.5) is 4.39 Å². The summed E-state index contributed by atoms with van der Waals surface area (Å²) < 4.78 is 20.6. The summed E-state index contributed by atoms with van der Waals surface area (Å²) in [4.78, 5) is 23.2. The van der Waals surface area contributed by atoms with Crippen LogP contribution in [0.25, 0.3) is 10.9 Å². The number of halogens is 1. The molecule has 1 aliphatic rings. The van der Waals surface area contributed by atoms with Crippen molar-refractivity contribution in [3.05, 3.63) is 52.6 Å². The molecule has 3 aromatic rings. The molecule has 4 rings (SSSR count). The van der Waals surface area contributed by atoms with Gasteiger partial charge in [-0.25, -0.2) is 4.39 Å². The second-order valence-corrected chi connectivity index (χ2v) is 9.11. The number of methoxy groups -OCH3 is 1. The van der Waals surface area contributed by atoms with E-state index < -0.39 is 18.1 Å². The second kappa shape index (κ2) is 10.7. The lowest BCUT2D eigenvalue weighted by atomic mass is 9.81. The number of alkyl halides is 1. The molecule has 172 valence electrons. The number of aliphatic carboxylic acids is 1. The van der Waals surface area contributed by atoms with E-state index in [0.29, 0.717) is 36.3 Å². The first-order valence-corrected chi connectivity index (χ1v) is 11.8. The molecule has 3 heterocycles. The van der Waals surface area contributed by atoms with Gasteiger partial charge in [0.2, 0.25) is 0 Å². The van der Waals surface area contributed by atoms with E-state index in [9.17, 15) is 9.90 Å². The van der Waals surface area contributed by atoms with Crippen molar-refractivity contribution in [3.63, 3.8) is 0 Å². The fourth-order valence-corrected chi connectivity index (χ4v) is 4.90. The summed E-state index contributed by atoms with van der Waals surface area (Å²) in [6.45, 7) is 1.72. The van der Waals surface area contributed by atoms with Gasteiger partial charge in [-0.05, 0) is 61.6 Å². The van der Waals surface area contributed by atoms with Crippen LogP contribution in [-0.4, -0.2) is 52.7 Å². The lowest BCUT2D eigenvalue weighted by molar-refractivity contribution is -0.146. The molecule has 2 aromatic heterocycles. The van der Waals surface area contributed by atoms with E-state index in [-0.39, 0.29) is 12.3 Å². The third kappa shape index (κ3) is 5.67. The third-order valence-corrected chi connectivity index (χ3v) is 6.90. The highest BCUT2D eigenvalue weighted by molar-refractivity contribution is 7.10. The molecule has 0 saturated carbocycles. The van der Waals surface area contributed by atoms with E-state index in [1.807, 2.05) is 6.07 Å². The van der Waals surface area contributed by atoms with E-state index in [4.69, 9.17) is 4.74 Å². The van der Waals surface area contributed by atoms with Crippen LogP contribution in [-0.2, 0) is 4.79 Å². The van der Waals surface area contributed by atoms with Gasteiger partial charge < -0.3 is 9.84 Å². The third-order valence-electron chi connectivity index (χ3n) is 6.21. The molecule has 0 amide bonds. The van der Waals surface area contributed by atoms with Gasteiger partial charge in [0, 0.05) is 18.1 Å². The molecule has 0 bridgehead atoms. The summed E-state index contributed by atoms with van der Waals surface area (Å²) in [7, 11) is 1.58. The molecule has 0 unspecified atom stereocenters. The number of piperidine rings is 1. The number of carboxylic acid groups (broad SMARTS) is 1.